The molecule has 4 nitrogen and oxygen atoms in total. The van der Waals surface area contributed by atoms with Gasteiger partial charge in [0.2, 0.25) is 0 Å². The van der Waals surface area contributed by atoms with E-state index in [4.69, 9.17) is 0 Å². The van der Waals surface area contributed by atoms with Gasteiger partial charge in [0.25, 0.3) is 0 Å². The molecule has 2 unspecified atom stereocenters. The molecular weight excluding hydrogens is 184 g/mol. The molecule has 0 amide bonds. The Kier molecular flexibility index (Phi) is 2.86. The molecule has 1 aliphatic carbocycles. The largest absolute Gasteiger partial charge is 0.468 e. The maximum atomic E-state index is 11.3. The molecule has 0 bridgehead atoms. The standard InChI is InChI=1S/C10H12O4/c1-7(11)10(13)6-4-3-5-8(10)9(12)14-2/h3-6,8,13H,1-2H3. The van der Waals surface area contributed by atoms with Gasteiger partial charge >= 0.3 is 5.97 Å². The van der Waals surface area contributed by atoms with Crippen molar-refractivity contribution >= 4 is 11.8 Å². The van der Waals surface area contributed by atoms with Gasteiger partial charge < -0.3 is 9.84 Å². The quantitative estimate of drug-likeness (QED) is 0.642. The average molecular weight is 196 g/mol. The van der Waals surface area contributed by atoms with Crippen LogP contribution in [0.25, 0.3) is 0 Å². The average Bonchev–Trinajstić information content (AvgIpc) is 2.17. The first-order valence-electron chi connectivity index (χ1n) is 4.19. The predicted octanol–water partition coefficient (Wildman–Crippen LogP) is 0.222. The van der Waals surface area contributed by atoms with E-state index < -0.39 is 23.3 Å². The lowest BCUT2D eigenvalue weighted by Gasteiger charge is -2.28. The number of carbonyl (C=O) groups is 2. The zero-order valence-corrected chi connectivity index (χ0v) is 8.06. The number of carbonyl (C=O) groups excluding carboxylic acids is 2. The Balaban J connectivity index is 3.04. The summed E-state index contributed by atoms with van der Waals surface area (Å²) in [5.74, 6) is -2.05. The van der Waals surface area contributed by atoms with E-state index in [0.29, 0.717) is 0 Å². The van der Waals surface area contributed by atoms with Gasteiger partial charge in [0, 0.05) is 0 Å². The van der Waals surface area contributed by atoms with Crippen LogP contribution in [-0.2, 0) is 14.3 Å². The van der Waals surface area contributed by atoms with Crippen LogP contribution in [0.4, 0.5) is 0 Å². The van der Waals surface area contributed by atoms with E-state index in [1.807, 2.05) is 0 Å². The fourth-order valence-corrected chi connectivity index (χ4v) is 1.35. The first kappa shape index (κ1) is 10.7. The van der Waals surface area contributed by atoms with Crippen molar-refractivity contribution < 1.29 is 19.4 Å². The second-order valence-corrected chi connectivity index (χ2v) is 3.13. The van der Waals surface area contributed by atoms with Gasteiger partial charge in [-0.05, 0) is 13.0 Å². The number of hydrogen-bond donors (Lipinski definition) is 1. The third kappa shape index (κ3) is 1.61. The minimum atomic E-state index is -1.76. The molecule has 0 saturated carbocycles. The van der Waals surface area contributed by atoms with Crippen LogP contribution in [0.15, 0.2) is 24.3 Å². The van der Waals surface area contributed by atoms with Gasteiger partial charge in [-0.25, -0.2) is 0 Å². The van der Waals surface area contributed by atoms with E-state index in [9.17, 15) is 14.7 Å². The molecule has 0 fully saturated rings. The van der Waals surface area contributed by atoms with Gasteiger partial charge in [0.05, 0.1) is 7.11 Å². The Morgan fingerprint density at radius 3 is 2.57 bits per heavy atom. The fourth-order valence-electron chi connectivity index (χ4n) is 1.35. The molecule has 0 aromatic carbocycles. The summed E-state index contributed by atoms with van der Waals surface area (Å²) < 4.78 is 4.50. The third-order valence-electron chi connectivity index (χ3n) is 2.26. The summed E-state index contributed by atoms with van der Waals surface area (Å²) >= 11 is 0. The van der Waals surface area contributed by atoms with Crippen LogP contribution >= 0.6 is 0 Å². The highest BCUT2D eigenvalue weighted by Gasteiger charge is 2.43. The number of ketones is 1. The Bertz CT molecular complexity index is 316. The van der Waals surface area contributed by atoms with Crippen LogP contribution < -0.4 is 0 Å². The topological polar surface area (TPSA) is 63.6 Å². The van der Waals surface area contributed by atoms with Crippen LogP contribution in [0.5, 0.6) is 0 Å². The summed E-state index contributed by atoms with van der Waals surface area (Å²) in [6.45, 7) is 1.24. The molecule has 0 aromatic heterocycles. The normalized spacial score (nSPS) is 30.1. The van der Waals surface area contributed by atoms with Gasteiger partial charge in [-0.2, -0.15) is 0 Å². The maximum Gasteiger partial charge on any atom is 0.316 e. The van der Waals surface area contributed by atoms with Gasteiger partial charge in [0.15, 0.2) is 11.4 Å². The number of esters is 1. The molecule has 0 spiro atoms. The third-order valence-corrected chi connectivity index (χ3v) is 2.26. The monoisotopic (exact) mass is 196 g/mol. The first-order chi connectivity index (χ1) is 6.52. The van der Waals surface area contributed by atoms with Crippen LogP contribution in [-0.4, -0.2) is 29.6 Å². The molecule has 1 N–H and O–H groups in total. The van der Waals surface area contributed by atoms with E-state index >= 15 is 0 Å². The SMILES string of the molecule is COC(=O)C1C=CC=CC1(O)C(C)=O. The Hall–Kier alpha value is -1.42. The molecule has 0 aliphatic heterocycles. The Morgan fingerprint density at radius 1 is 1.43 bits per heavy atom. The van der Waals surface area contributed by atoms with Crippen molar-refractivity contribution in [3.05, 3.63) is 24.3 Å². The fraction of sp³-hybridized carbons (Fsp3) is 0.400. The van der Waals surface area contributed by atoms with Crippen LogP contribution in [0.2, 0.25) is 0 Å². The van der Waals surface area contributed by atoms with Crippen molar-refractivity contribution in [3.63, 3.8) is 0 Å². The number of allylic oxidation sites excluding steroid dienone is 2. The number of aliphatic hydroxyl groups is 1. The minimum Gasteiger partial charge on any atom is -0.468 e. The molecule has 1 rings (SSSR count). The number of ether oxygens (including phenoxy) is 1. The molecule has 14 heavy (non-hydrogen) atoms. The lowest BCUT2D eigenvalue weighted by atomic mass is 9.81. The van der Waals surface area contributed by atoms with Gasteiger partial charge in [0.1, 0.15) is 5.92 Å². The van der Waals surface area contributed by atoms with E-state index in [0.717, 1.165) is 0 Å². The molecule has 0 heterocycles. The minimum absolute atomic E-state index is 0.478. The van der Waals surface area contributed by atoms with Crippen LogP contribution in [0.1, 0.15) is 6.92 Å². The smallest absolute Gasteiger partial charge is 0.316 e. The summed E-state index contributed by atoms with van der Waals surface area (Å²) in [6, 6.07) is 0. The molecule has 2 atom stereocenters. The molecule has 4 heteroatoms. The molecule has 0 aromatic rings. The van der Waals surface area contributed by atoms with Crippen molar-refractivity contribution in [2.45, 2.75) is 12.5 Å². The summed E-state index contributed by atoms with van der Waals surface area (Å²) in [7, 11) is 1.22. The predicted molar refractivity (Wildman–Crippen MR) is 49.4 cm³/mol. The van der Waals surface area contributed by atoms with Crippen LogP contribution in [0.3, 0.4) is 0 Å². The van der Waals surface area contributed by atoms with Gasteiger partial charge in [-0.15, -0.1) is 0 Å². The second kappa shape index (κ2) is 3.75. The number of Topliss-reactive ketones (excluding diaryl/α,β-unsaturated/α-hetero) is 1. The summed E-state index contributed by atoms with van der Waals surface area (Å²) in [4.78, 5) is 22.5. The lowest BCUT2D eigenvalue weighted by Crippen LogP contribution is -2.46. The van der Waals surface area contributed by atoms with Crippen molar-refractivity contribution in [2.75, 3.05) is 7.11 Å². The van der Waals surface area contributed by atoms with Crippen molar-refractivity contribution in [1.29, 1.82) is 0 Å². The second-order valence-electron chi connectivity index (χ2n) is 3.13. The summed E-state index contributed by atoms with van der Waals surface area (Å²) in [5.41, 5.74) is -1.76. The van der Waals surface area contributed by atoms with Crippen LogP contribution in [0, 0.1) is 5.92 Å². The zero-order valence-electron chi connectivity index (χ0n) is 8.06. The molecule has 1 aliphatic rings. The number of rotatable bonds is 2. The summed E-state index contributed by atoms with van der Waals surface area (Å²) in [5, 5.41) is 9.92. The van der Waals surface area contributed by atoms with E-state index in [-0.39, 0.29) is 0 Å². The Morgan fingerprint density at radius 2 is 2.07 bits per heavy atom. The van der Waals surface area contributed by atoms with E-state index in [1.54, 1.807) is 6.08 Å². The molecule has 0 radical (unpaired) electrons. The zero-order chi connectivity index (χ0) is 10.8. The summed E-state index contributed by atoms with van der Waals surface area (Å²) in [6.07, 6.45) is 5.88. The highest BCUT2D eigenvalue weighted by molar-refractivity contribution is 5.94. The lowest BCUT2D eigenvalue weighted by molar-refractivity contribution is -0.155. The van der Waals surface area contributed by atoms with Crippen molar-refractivity contribution in [1.82, 2.24) is 0 Å². The molecular formula is C10H12O4. The van der Waals surface area contributed by atoms with Gasteiger partial charge in [-0.1, -0.05) is 18.2 Å². The molecule has 0 saturated heterocycles. The Labute approximate surface area is 81.9 Å². The van der Waals surface area contributed by atoms with E-state index in [2.05, 4.69) is 4.74 Å². The van der Waals surface area contributed by atoms with Gasteiger partial charge in [-0.3, -0.25) is 9.59 Å². The first-order valence-corrected chi connectivity index (χ1v) is 4.19. The van der Waals surface area contributed by atoms with Crippen molar-refractivity contribution in [3.8, 4) is 0 Å². The number of methoxy groups -OCH3 is 1. The number of hydrogen-bond acceptors (Lipinski definition) is 4. The van der Waals surface area contributed by atoms with E-state index in [1.165, 1.54) is 32.3 Å². The highest BCUT2D eigenvalue weighted by Crippen LogP contribution is 2.26. The maximum absolute atomic E-state index is 11.3. The van der Waals surface area contributed by atoms with Crippen molar-refractivity contribution in [2.24, 2.45) is 5.92 Å². The molecule has 76 valence electrons. The highest BCUT2D eigenvalue weighted by atomic mass is 16.5.